The number of aromatic nitrogens is 1. The van der Waals surface area contributed by atoms with E-state index in [4.69, 9.17) is 18.9 Å². The molecule has 1 atom stereocenters. The van der Waals surface area contributed by atoms with Crippen LogP contribution < -0.4 is 9.47 Å². The van der Waals surface area contributed by atoms with E-state index in [0.29, 0.717) is 28.3 Å². The van der Waals surface area contributed by atoms with E-state index in [1.807, 2.05) is 0 Å². The van der Waals surface area contributed by atoms with Gasteiger partial charge in [0.25, 0.3) is 0 Å². The van der Waals surface area contributed by atoms with Gasteiger partial charge < -0.3 is 23.9 Å². The molecule has 2 aromatic rings. The third-order valence-corrected chi connectivity index (χ3v) is 4.35. The molecule has 0 aliphatic heterocycles. The molecule has 8 heteroatoms. The van der Waals surface area contributed by atoms with Crippen molar-refractivity contribution in [1.82, 2.24) is 4.98 Å². The first-order valence-corrected chi connectivity index (χ1v) is 8.49. The van der Waals surface area contributed by atoms with Gasteiger partial charge in [-0.2, -0.15) is 0 Å². The summed E-state index contributed by atoms with van der Waals surface area (Å²) in [5.74, 6) is -0.997. The summed E-state index contributed by atoms with van der Waals surface area (Å²) >= 11 is 0. The number of aromatic amines is 1. The number of H-pyrrole nitrogens is 1. The number of hydrogen-bond donors (Lipinski definition) is 1. The summed E-state index contributed by atoms with van der Waals surface area (Å²) in [7, 11) is 4.16. The summed E-state index contributed by atoms with van der Waals surface area (Å²) in [4.78, 5) is 40.1. The maximum atomic E-state index is 12.8. The Bertz CT molecular complexity index is 914. The van der Waals surface area contributed by atoms with Crippen LogP contribution in [-0.4, -0.2) is 50.1 Å². The first kappa shape index (κ1) is 21.0. The van der Waals surface area contributed by atoms with Crippen molar-refractivity contribution in [1.29, 1.82) is 0 Å². The van der Waals surface area contributed by atoms with Crippen LogP contribution in [0.2, 0.25) is 0 Å². The standard InChI is InChI=1S/C20H23NO7/c1-10-16(20(24)27-6)11(2)21-17(10)18(22)12(3)28-19(23)14-9-13(25-4)7-8-15(14)26-5/h7-9,12,21H,1-6H3/t12-/m1/s1. The Morgan fingerprint density at radius 1 is 1.00 bits per heavy atom. The Hall–Kier alpha value is -3.29. The highest BCUT2D eigenvalue weighted by Gasteiger charge is 2.28. The van der Waals surface area contributed by atoms with Crippen molar-refractivity contribution >= 4 is 17.7 Å². The lowest BCUT2D eigenvalue weighted by Gasteiger charge is -2.14. The van der Waals surface area contributed by atoms with Crippen LogP contribution in [0.4, 0.5) is 0 Å². The quantitative estimate of drug-likeness (QED) is 0.573. The first-order chi connectivity index (χ1) is 13.2. The Balaban J connectivity index is 2.26. The minimum absolute atomic E-state index is 0.135. The Kier molecular flexibility index (Phi) is 6.45. The van der Waals surface area contributed by atoms with E-state index in [0.717, 1.165) is 0 Å². The van der Waals surface area contributed by atoms with E-state index in [1.54, 1.807) is 26.0 Å². The van der Waals surface area contributed by atoms with Crippen LogP contribution in [0.3, 0.4) is 0 Å². The van der Waals surface area contributed by atoms with Gasteiger partial charge in [-0.15, -0.1) is 0 Å². The van der Waals surface area contributed by atoms with E-state index < -0.39 is 23.8 Å². The fourth-order valence-electron chi connectivity index (χ4n) is 2.86. The van der Waals surface area contributed by atoms with Crippen molar-refractivity contribution in [2.45, 2.75) is 26.9 Å². The van der Waals surface area contributed by atoms with Crippen molar-refractivity contribution in [3.8, 4) is 11.5 Å². The lowest BCUT2D eigenvalue weighted by molar-refractivity contribution is 0.0313. The maximum Gasteiger partial charge on any atom is 0.342 e. The first-order valence-electron chi connectivity index (χ1n) is 8.49. The topological polar surface area (TPSA) is 104 Å². The van der Waals surface area contributed by atoms with E-state index in [-0.39, 0.29) is 11.3 Å². The number of benzene rings is 1. The van der Waals surface area contributed by atoms with Gasteiger partial charge >= 0.3 is 11.9 Å². The molecular formula is C20H23NO7. The van der Waals surface area contributed by atoms with Crippen molar-refractivity contribution in [3.63, 3.8) is 0 Å². The molecule has 0 unspecified atom stereocenters. The molecule has 1 aromatic heterocycles. The summed E-state index contributed by atoms with van der Waals surface area (Å²) in [6.07, 6.45) is -1.09. The van der Waals surface area contributed by atoms with E-state index in [1.165, 1.54) is 34.3 Å². The molecule has 8 nitrogen and oxygen atoms in total. The maximum absolute atomic E-state index is 12.8. The average molecular weight is 389 g/mol. The van der Waals surface area contributed by atoms with Gasteiger partial charge in [-0.1, -0.05) is 0 Å². The predicted molar refractivity (Wildman–Crippen MR) is 100 cm³/mol. The Morgan fingerprint density at radius 3 is 2.25 bits per heavy atom. The number of methoxy groups -OCH3 is 3. The fraction of sp³-hybridized carbons (Fsp3) is 0.350. The smallest absolute Gasteiger partial charge is 0.342 e. The van der Waals surface area contributed by atoms with Crippen molar-refractivity contribution in [3.05, 3.63) is 46.3 Å². The molecule has 1 N–H and O–H groups in total. The van der Waals surface area contributed by atoms with E-state index >= 15 is 0 Å². The molecule has 0 spiro atoms. The van der Waals surface area contributed by atoms with Crippen LogP contribution in [0.1, 0.15) is 49.4 Å². The summed E-state index contributed by atoms with van der Waals surface area (Å²) < 4.78 is 20.3. The normalized spacial score (nSPS) is 11.5. The van der Waals surface area contributed by atoms with E-state index in [9.17, 15) is 14.4 Å². The van der Waals surface area contributed by atoms with Gasteiger partial charge in [0.2, 0.25) is 5.78 Å². The number of carbonyl (C=O) groups is 3. The number of hydrogen-bond acceptors (Lipinski definition) is 7. The highest BCUT2D eigenvalue weighted by atomic mass is 16.5. The number of rotatable bonds is 7. The summed E-state index contributed by atoms with van der Waals surface area (Å²) in [5.41, 5.74) is 1.56. The molecule has 28 heavy (non-hydrogen) atoms. The molecular weight excluding hydrogens is 366 g/mol. The molecule has 1 aromatic carbocycles. The number of carbonyl (C=O) groups excluding carboxylic acids is 3. The second kappa shape index (κ2) is 8.60. The number of ketones is 1. The Morgan fingerprint density at radius 2 is 1.68 bits per heavy atom. The summed E-state index contributed by atoms with van der Waals surface area (Å²) in [6.45, 7) is 4.75. The van der Waals surface area contributed by atoms with Gasteiger partial charge in [0.15, 0.2) is 6.10 Å². The summed E-state index contributed by atoms with van der Waals surface area (Å²) in [6, 6.07) is 4.68. The lowest BCUT2D eigenvalue weighted by atomic mass is 10.1. The molecule has 0 saturated heterocycles. The third-order valence-electron chi connectivity index (χ3n) is 4.35. The number of ether oxygens (including phenoxy) is 4. The predicted octanol–water partition coefficient (Wildman–Crippen LogP) is 2.86. The van der Waals surface area contributed by atoms with Crippen LogP contribution in [0.25, 0.3) is 0 Å². The molecule has 0 amide bonds. The van der Waals surface area contributed by atoms with Gasteiger partial charge in [-0.25, -0.2) is 9.59 Å². The van der Waals surface area contributed by atoms with Gasteiger partial charge in [0.05, 0.1) is 32.6 Å². The zero-order chi connectivity index (χ0) is 21.0. The highest BCUT2D eigenvalue weighted by Crippen LogP contribution is 2.26. The monoisotopic (exact) mass is 389 g/mol. The van der Waals surface area contributed by atoms with Gasteiger partial charge in [-0.05, 0) is 44.5 Å². The van der Waals surface area contributed by atoms with Crippen LogP contribution in [0.15, 0.2) is 18.2 Å². The van der Waals surface area contributed by atoms with Gasteiger partial charge in [0, 0.05) is 5.69 Å². The Labute approximate surface area is 162 Å². The number of nitrogens with one attached hydrogen (secondary N) is 1. The highest BCUT2D eigenvalue weighted by molar-refractivity contribution is 6.04. The second-order valence-corrected chi connectivity index (χ2v) is 6.09. The van der Waals surface area contributed by atoms with E-state index in [2.05, 4.69) is 4.98 Å². The fourth-order valence-corrected chi connectivity index (χ4v) is 2.86. The van der Waals surface area contributed by atoms with Crippen molar-refractivity contribution in [2.75, 3.05) is 21.3 Å². The zero-order valence-electron chi connectivity index (χ0n) is 16.7. The van der Waals surface area contributed by atoms with Crippen molar-refractivity contribution < 1.29 is 33.3 Å². The van der Waals surface area contributed by atoms with Gasteiger partial charge in [0.1, 0.15) is 17.1 Å². The SMILES string of the molecule is COC(=O)c1c(C)[nH]c(C(=O)[C@@H](C)OC(=O)c2cc(OC)ccc2OC)c1C. The number of esters is 2. The molecule has 0 fully saturated rings. The van der Waals surface area contributed by atoms with Crippen LogP contribution in [-0.2, 0) is 9.47 Å². The minimum atomic E-state index is -1.09. The van der Waals surface area contributed by atoms with Crippen LogP contribution >= 0.6 is 0 Å². The average Bonchev–Trinajstić information content (AvgIpc) is 2.99. The molecule has 0 saturated carbocycles. The largest absolute Gasteiger partial charge is 0.497 e. The molecule has 1 heterocycles. The molecule has 0 aliphatic rings. The van der Waals surface area contributed by atoms with Crippen molar-refractivity contribution in [2.24, 2.45) is 0 Å². The zero-order valence-corrected chi connectivity index (χ0v) is 16.7. The van der Waals surface area contributed by atoms with Crippen LogP contribution in [0.5, 0.6) is 11.5 Å². The minimum Gasteiger partial charge on any atom is -0.497 e. The third kappa shape index (κ3) is 4.00. The lowest BCUT2D eigenvalue weighted by Crippen LogP contribution is -2.25. The molecule has 2 rings (SSSR count). The number of Topliss-reactive ketones (excluding diaryl/α,β-unsaturated/α-hetero) is 1. The summed E-state index contributed by atoms with van der Waals surface area (Å²) in [5, 5.41) is 0. The number of aryl methyl sites for hydroxylation is 1. The second-order valence-electron chi connectivity index (χ2n) is 6.09. The molecule has 0 aliphatic carbocycles. The molecule has 150 valence electrons. The van der Waals surface area contributed by atoms with Gasteiger partial charge in [-0.3, -0.25) is 4.79 Å². The molecule has 0 radical (unpaired) electrons. The molecule has 0 bridgehead atoms. The van der Waals surface area contributed by atoms with Crippen LogP contribution in [0, 0.1) is 13.8 Å².